The highest BCUT2D eigenvalue weighted by atomic mass is 16.5. The molecule has 1 aliphatic carbocycles. The minimum Gasteiger partial charge on any atom is -0.334 e. The third-order valence-electron chi connectivity index (χ3n) is 4.48. The van der Waals surface area contributed by atoms with E-state index in [1.807, 2.05) is 60.7 Å². The van der Waals surface area contributed by atoms with E-state index in [1.165, 1.54) is 6.08 Å². The molecule has 26 heavy (non-hydrogen) atoms. The predicted molar refractivity (Wildman–Crippen MR) is 95.3 cm³/mol. The molecule has 2 atom stereocenters. The van der Waals surface area contributed by atoms with Crippen molar-refractivity contribution in [2.45, 2.75) is 12.3 Å². The minimum absolute atomic E-state index is 0.130. The fourth-order valence-electron chi connectivity index (χ4n) is 3.11. The fourth-order valence-corrected chi connectivity index (χ4v) is 3.11. The first-order valence-corrected chi connectivity index (χ1v) is 8.41. The van der Waals surface area contributed by atoms with Gasteiger partial charge in [-0.05, 0) is 23.8 Å². The summed E-state index contributed by atoms with van der Waals surface area (Å²) in [5.41, 5.74) is 1.68. The Hall–Kier alpha value is -3.34. The normalized spacial score (nSPS) is 19.7. The van der Waals surface area contributed by atoms with Gasteiger partial charge in [0.05, 0.1) is 11.8 Å². The number of benzene rings is 2. The highest BCUT2D eigenvalue weighted by molar-refractivity contribution is 6.13. The minimum atomic E-state index is -0.786. The SMILES string of the molecule is O=C1C=CC(c2ccccc2)C(=O)C1Cc1noc(-c2ccccc2)n1. The third-order valence-corrected chi connectivity index (χ3v) is 4.48. The molecule has 1 aromatic heterocycles. The maximum Gasteiger partial charge on any atom is 0.257 e. The van der Waals surface area contributed by atoms with Crippen molar-refractivity contribution in [1.29, 1.82) is 0 Å². The molecule has 0 radical (unpaired) electrons. The maximum absolute atomic E-state index is 12.9. The number of nitrogens with zero attached hydrogens (tertiary/aromatic N) is 2. The molecule has 0 aliphatic heterocycles. The second-order valence-electron chi connectivity index (χ2n) is 6.19. The van der Waals surface area contributed by atoms with Gasteiger partial charge in [-0.1, -0.05) is 59.8 Å². The summed E-state index contributed by atoms with van der Waals surface area (Å²) < 4.78 is 5.27. The molecule has 5 nitrogen and oxygen atoms in total. The second-order valence-corrected chi connectivity index (χ2v) is 6.19. The average Bonchev–Trinajstić information content (AvgIpc) is 3.15. The van der Waals surface area contributed by atoms with Gasteiger partial charge in [-0.3, -0.25) is 9.59 Å². The summed E-state index contributed by atoms with van der Waals surface area (Å²) in [6.07, 6.45) is 3.30. The van der Waals surface area contributed by atoms with E-state index in [1.54, 1.807) is 6.08 Å². The van der Waals surface area contributed by atoms with E-state index >= 15 is 0 Å². The van der Waals surface area contributed by atoms with E-state index in [-0.39, 0.29) is 18.0 Å². The zero-order valence-electron chi connectivity index (χ0n) is 13.9. The Kier molecular flexibility index (Phi) is 4.27. The van der Waals surface area contributed by atoms with Crippen molar-refractivity contribution in [2.75, 3.05) is 0 Å². The molecule has 1 heterocycles. The van der Waals surface area contributed by atoms with Crippen molar-refractivity contribution in [3.05, 3.63) is 84.2 Å². The summed E-state index contributed by atoms with van der Waals surface area (Å²) >= 11 is 0. The van der Waals surface area contributed by atoms with Crippen LogP contribution < -0.4 is 0 Å². The smallest absolute Gasteiger partial charge is 0.257 e. The summed E-state index contributed by atoms with van der Waals surface area (Å²) in [7, 11) is 0. The van der Waals surface area contributed by atoms with Crippen LogP contribution in [0.5, 0.6) is 0 Å². The van der Waals surface area contributed by atoms with Crippen LogP contribution in [0.3, 0.4) is 0 Å². The van der Waals surface area contributed by atoms with Crippen LogP contribution in [0.15, 0.2) is 77.3 Å². The molecular formula is C21H16N2O3. The van der Waals surface area contributed by atoms with Crippen molar-refractivity contribution in [1.82, 2.24) is 10.1 Å². The Balaban J connectivity index is 1.56. The number of carbonyl (C=O) groups excluding carboxylic acids is 2. The fraction of sp³-hybridized carbons (Fsp3) is 0.143. The standard InChI is InChI=1S/C21H16N2O3/c24-18-12-11-16(14-7-3-1-4-8-14)20(25)17(18)13-19-22-21(26-23-19)15-9-5-2-6-10-15/h1-12,16-17H,13H2. The van der Waals surface area contributed by atoms with Gasteiger partial charge in [0.1, 0.15) is 0 Å². The molecular weight excluding hydrogens is 328 g/mol. The first kappa shape index (κ1) is 16.1. The summed E-state index contributed by atoms with van der Waals surface area (Å²) in [6.45, 7) is 0. The van der Waals surface area contributed by atoms with Gasteiger partial charge in [-0.15, -0.1) is 0 Å². The van der Waals surface area contributed by atoms with Crippen molar-refractivity contribution >= 4 is 11.6 Å². The summed E-state index contributed by atoms with van der Waals surface area (Å²) in [6, 6.07) is 18.8. The molecule has 1 aliphatic rings. The van der Waals surface area contributed by atoms with Crippen LogP contribution in [0.1, 0.15) is 17.3 Å². The number of hydrogen-bond donors (Lipinski definition) is 0. The summed E-state index contributed by atoms with van der Waals surface area (Å²) in [4.78, 5) is 29.5. The zero-order chi connectivity index (χ0) is 17.9. The molecule has 4 rings (SSSR count). The molecule has 128 valence electrons. The lowest BCUT2D eigenvalue weighted by molar-refractivity contribution is -0.131. The molecule has 2 aromatic carbocycles. The molecule has 0 spiro atoms. The Labute approximate surface area is 150 Å². The number of aromatic nitrogens is 2. The first-order chi connectivity index (χ1) is 12.7. The van der Waals surface area contributed by atoms with Gasteiger partial charge in [0, 0.05) is 12.0 Å². The lowest BCUT2D eigenvalue weighted by atomic mass is 9.79. The number of hydrogen-bond acceptors (Lipinski definition) is 5. The van der Waals surface area contributed by atoms with Crippen LogP contribution in [-0.4, -0.2) is 21.7 Å². The second kappa shape index (κ2) is 6.88. The van der Waals surface area contributed by atoms with E-state index in [0.29, 0.717) is 11.7 Å². The maximum atomic E-state index is 12.9. The molecule has 5 heteroatoms. The Morgan fingerprint density at radius 3 is 2.35 bits per heavy atom. The van der Waals surface area contributed by atoms with E-state index in [9.17, 15) is 9.59 Å². The van der Waals surface area contributed by atoms with Gasteiger partial charge in [0.2, 0.25) is 0 Å². The number of rotatable bonds is 4. The number of ketones is 2. The highest BCUT2D eigenvalue weighted by Gasteiger charge is 2.35. The predicted octanol–water partition coefficient (Wildman–Crippen LogP) is 3.39. The van der Waals surface area contributed by atoms with Crippen LogP contribution in [0.25, 0.3) is 11.5 Å². The van der Waals surface area contributed by atoms with Gasteiger partial charge in [0.15, 0.2) is 17.4 Å². The van der Waals surface area contributed by atoms with Crippen molar-refractivity contribution in [3.8, 4) is 11.5 Å². The van der Waals surface area contributed by atoms with Gasteiger partial charge < -0.3 is 4.52 Å². The third kappa shape index (κ3) is 3.11. The molecule has 2 unspecified atom stereocenters. The van der Waals surface area contributed by atoms with Crippen LogP contribution in [0.2, 0.25) is 0 Å². The van der Waals surface area contributed by atoms with E-state index in [2.05, 4.69) is 10.1 Å². The molecule has 0 bridgehead atoms. The molecule has 0 saturated carbocycles. The summed E-state index contributed by atoms with van der Waals surface area (Å²) in [5, 5.41) is 3.94. The van der Waals surface area contributed by atoms with Crippen LogP contribution in [0, 0.1) is 5.92 Å². The lowest BCUT2D eigenvalue weighted by Gasteiger charge is -2.21. The molecule has 0 N–H and O–H groups in total. The zero-order valence-corrected chi connectivity index (χ0v) is 13.9. The van der Waals surface area contributed by atoms with Crippen molar-refractivity contribution in [3.63, 3.8) is 0 Å². The van der Waals surface area contributed by atoms with Crippen LogP contribution in [-0.2, 0) is 16.0 Å². The van der Waals surface area contributed by atoms with Crippen LogP contribution >= 0.6 is 0 Å². The Morgan fingerprint density at radius 2 is 1.62 bits per heavy atom. The topological polar surface area (TPSA) is 73.1 Å². The monoisotopic (exact) mass is 344 g/mol. The number of allylic oxidation sites excluding steroid dienone is 2. The summed E-state index contributed by atoms with van der Waals surface area (Å²) in [5.74, 6) is -0.807. The van der Waals surface area contributed by atoms with Gasteiger partial charge in [-0.2, -0.15) is 4.98 Å². The Bertz CT molecular complexity index is 961. The average molecular weight is 344 g/mol. The van der Waals surface area contributed by atoms with Gasteiger partial charge in [-0.25, -0.2) is 0 Å². The van der Waals surface area contributed by atoms with Gasteiger partial charge in [0.25, 0.3) is 5.89 Å². The molecule has 0 amide bonds. The number of Topliss-reactive ketones (excluding diaryl/α,β-unsaturated/α-hetero) is 1. The molecule has 0 fully saturated rings. The first-order valence-electron chi connectivity index (χ1n) is 8.41. The quantitative estimate of drug-likeness (QED) is 0.678. The van der Waals surface area contributed by atoms with Crippen LogP contribution in [0.4, 0.5) is 0 Å². The van der Waals surface area contributed by atoms with Gasteiger partial charge >= 0.3 is 0 Å². The lowest BCUT2D eigenvalue weighted by Crippen LogP contribution is -2.32. The van der Waals surface area contributed by atoms with Crippen molar-refractivity contribution in [2.24, 2.45) is 5.92 Å². The highest BCUT2D eigenvalue weighted by Crippen LogP contribution is 2.28. The largest absolute Gasteiger partial charge is 0.334 e. The Morgan fingerprint density at radius 1 is 0.923 bits per heavy atom. The van der Waals surface area contributed by atoms with Crippen molar-refractivity contribution < 1.29 is 14.1 Å². The van der Waals surface area contributed by atoms with E-state index < -0.39 is 11.8 Å². The molecule has 0 saturated heterocycles. The van der Waals surface area contributed by atoms with E-state index in [4.69, 9.17) is 4.52 Å². The number of carbonyl (C=O) groups is 2. The molecule has 3 aromatic rings. The van der Waals surface area contributed by atoms with E-state index in [0.717, 1.165) is 11.1 Å².